The molecule has 0 fully saturated rings. The monoisotopic (exact) mass is 248 g/mol. The van der Waals surface area contributed by atoms with Gasteiger partial charge in [-0.1, -0.05) is 32.0 Å². The summed E-state index contributed by atoms with van der Waals surface area (Å²) in [5.41, 5.74) is 1.30. The second-order valence-corrected chi connectivity index (χ2v) is 5.30. The topological polar surface area (TPSA) is 24.5 Å². The molecule has 100 valence electrons. The second kappa shape index (κ2) is 6.21. The van der Waals surface area contributed by atoms with E-state index in [1.165, 1.54) is 5.56 Å². The average molecular weight is 248 g/mol. The Morgan fingerprint density at radius 2 is 2.11 bits per heavy atom. The van der Waals surface area contributed by atoms with Crippen molar-refractivity contribution in [2.24, 2.45) is 5.92 Å². The minimum atomic E-state index is 0.560. The molecule has 1 atom stereocenters. The van der Waals surface area contributed by atoms with Gasteiger partial charge in [-0.25, -0.2) is 0 Å². The zero-order valence-electron chi connectivity index (χ0n) is 11.6. The van der Waals surface area contributed by atoms with E-state index in [0.717, 1.165) is 32.0 Å². The predicted molar refractivity (Wildman–Crippen MR) is 74.9 cm³/mol. The van der Waals surface area contributed by atoms with Crippen LogP contribution >= 0.6 is 0 Å². The summed E-state index contributed by atoms with van der Waals surface area (Å²) in [4.78, 5) is 2.53. The zero-order chi connectivity index (χ0) is 13.0. The first-order valence-corrected chi connectivity index (χ1v) is 6.81. The molecule has 1 aliphatic heterocycles. The van der Waals surface area contributed by atoms with Crippen LogP contribution in [0.5, 0.6) is 5.75 Å². The van der Waals surface area contributed by atoms with Crippen LogP contribution in [0.1, 0.15) is 19.4 Å². The Morgan fingerprint density at radius 3 is 2.83 bits per heavy atom. The van der Waals surface area contributed by atoms with Crippen LogP contribution in [0.3, 0.4) is 0 Å². The molecular weight excluding hydrogens is 224 g/mol. The molecule has 0 aliphatic carbocycles. The summed E-state index contributed by atoms with van der Waals surface area (Å²) in [6.45, 7) is 8.38. The minimum absolute atomic E-state index is 0.560. The van der Waals surface area contributed by atoms with Gasteiger partial charge in [0.2, 0.25) is 0 Å². The number of nitrogens with zero attached hydrogens (tertiary/aromatic N) is 1. The van der Waals surface area contributed by atoms with Crippen LogP contribution < -0.4 is 10.1 Å². The molecule has 0 bridgehead atoms. The van der Waals surface area contributed by atoms with Gasteiger partial charge < -0.3 is 10.1 Å². The molecule has 0 aromatic heterocycles. The van der Waals surface area contributed by atoms with E-state index < -0.39 is 0 Å². The Hall–Kier alpha value is -1.06. The van der Waals surface area contributed by atoms with Crippen molar-refractivity contribution in [3.8, 4) is 5.75 Å². The highest BCUT2D eigenvalue weighted by atomic mass is 16.5. The Morgan fingerprint density at radius 1 is 1.33 bits per heavy atom. The van der Waals surface area contributed by atoms with Crippen LogP contribution in [-0.2, 0) is 6.54 Å². The van der Waals surface area contributed by atoms with E-state index in [1.807, 2.05) is 13.1 Å². The van der Waals surface area contributed by atoms with Crippen molar-refractivity contribution in [3.05, 3.63) is 29.8 Å². The molecule has 3 heteroatoms. The highest BCUT2D eigenvalue weighted by molar-refractivity contribution is 5.33. The van der Waals surface area contributed by atoms with Crippen molar-refractivity contribution >= 4 is 0 Å². The lowest BCUT2D eigenvalue weighted by Gasteiger charge is -2.33. The number of rotatable bonds is 4. The van der Waals surface area contributed by atoms with Crippen molar-refractivity contribution < 1.29 is 4.74 Å². The lowest BCUT2D eigenvalue weighted by molar-refractivity contribution is 0.134. The molecule has 1 aromatic rings. The maximum atomic E-state index is 5.82. The van der Waals surface area contributed by atoms with E-state index in [-0.39, 0.29) is 0 Å². The molecule has 1 heterocycles. The van der Waals surface area contributed by atoms with Gasteiger partial charge in [-0.2, -0.15) is 0 Å². The molecule has 0 amide bonds. The van der Waals surface area contributed by atoms with Gasteiger partial charge in [0.15, 0.2) is 0 Å². The SMILES string of the molecule is CNCC(C(C)C)N1CCOc2ccccc2C1. The maximum absolute atomic E-state index is 5.82. The van der Waals surface area contributed by atoms with E-state index in [4.69, 9.17) is 4.74 Å². The first kappa shape index (κ1) is 13.4. The molecule has 1 unspecified atom stereocenters. The zero-order valence-corrected chi connectivity index (χ0v) is 11.6. The van der Waals surface area contributed by atoms with Gasteiger partial charge in [-0.15, -0.1) is 0 Å². The smallest absolute Gasteiger partial charge is 0.123 e. The van der Waals surface area contributed by atoms with Crippen LogP contribution in [0.15, 0.2) is 24.3 Å². The van der Waals surface area contributed by atoms with E-state index in [2.05, 4.69) is 42.3 Å². The summed E-state index contributed by atoms with van der Waals surface area (Å²) in [5, 5.41) is 3.31. The summed E-state index contributed by atoms with van der Waals surface area (Å²) in [6.07, 6.45) is 0. The molecule has 0 saturated heterocycles. The van der Waals surface area contributed by atoms with Crippen molar-refractivity contribution in [1.82, 2.24) is 10.2 Å². The molecular formula is C15H24N2O. The highest BCUT2D eigenvalue weighted by Gasteiger charge is 2.24. The lowest BCUT2D eigenvalue weighted by Crippen LogP contribution is -2.45. The van der Waals surface area contributed by atoms with Crippen molar-refractivity contribution in [3.63, 3.8) is 0 Å². The Kier molecular flexibility index (Phi) is 4.61. The maximum Gasteiger partial charge on any atom is 0.123 e. The summed E-state index contributed by atoms with van der Waals surface area (Å²) in [5.74, 6) is 1.69. The molecule has 0 radical (unpaired) electrons. The fourth-order valence-electron chi connectivity index (χ4n) is 2.62. The van der Waals surface area contributed by atoms with Crippen molar-refractivity contribution in [2.45, 2.75) is 26.4 Å². The van der Waals surface area contributed by atoms with Crippen molar-refractivity contribution in [1.29, 1.82) is 0 Å². The van der Waals surface area contributed by atoms with Gasteiger partial charge in [0.1, 0.15) is 12.4 Å². The molecule has 0 saturated carbocycles. The Labute approximate surface area is 110 Å². The van der Waals surface area contributed by atoms with Gasteiger partial charge >= 0.3 is 0 Å². The fraction of sp³-hybridized carbons (Fsp3) is 0.600. The summed E-state index contributed by atoms with van der Waals surface area (Å²) in [7, 11) is 2.03. The van der Waals surface area contributed by atoms with Crippen LogP contribution in [-0.4, -0.2) is 37.7 Å². The number of para-hydroxylation sites is 1. The molecule has 0 spiro atoms. The van der Waals surface area contributed by atoms with Gasteiger partial charge in [-0.3, -0.25) is 4.90 Å². The minimum Gasteiger partial charge on any atom is -0.492 e. The number of nitrogens with one attached hydrogen (secondary N) is 1. The van der Waals surface area contributed by atoms with Gasteiger partial charge in [-0.05, 0) is 19.0 Å². The second-order valence-electron chi connectivity index (χ2n) is 5.30. The average Bonchev–Trinajstić information content (AvgIpc) is 2.57. The van der Waals surface area contributed by atoms with Crippen LogP contribution in [0.4, 0.5) is 0 Å². The van der Waals surface area contributed by atoms with Gasteiger partial charge in [0.25, 0.3) is 0 Å². The first-order valence-electron chi connectivity index (χ1n) is 6.81. The molecule has 3 nitrogen and oxygen atoms in total. The summed E-state index contributed by atoms with van der Waals surface area (Å²) >= 11 is 0. The summed E-state index contributed by atoms with van der Waals surface area (Å²) < 4.78 is 5.82. The number of benzene rings is 1. The number of ether oxygens (including phenoxy) is 1. The molecule has 1 aromatic carbocycles. The number of likely N-dealkylation sites (N-methyl/N-ethyl adjacent to an activating group) is 1. The van der Waals surface area contributed by atoms with Gasteiger partial charge in [0.05, 0.1) is 0 Å². The van der Waals surface area contributed by atoms with Crippen LogP contribution in [0.2, 0.25) is 0 Å². The number of hydrogen-bond acceptors (Lipinski definition) is 3. The largest absolute Gasteiger partial charge is 0.492 e. The summed E-state index contributed by atoms with van der Waals surface area (Å²) in [6, 6.07) is 8.94. The first-order chi connectivity index (χ1) is 8.72. The Bertz CT molecular complexity index is 379. The number of hydrogen-bond donors (Lipinski definition) is 1. The lowest BCUT2D eigenvalue weighted by atomic mass is 10.0. The van der Waals surface area contributed by atoms with E-state index in [9.17, 15) is 0 Å². The fourth-order valence-corrected chi connectivity index (χ4v) is 2.62. The molecule has 18 heavy (non-hydrogen) atoms. The highest BCUT2D eigenvalue weighted by Crippen LogP contribution is 2.24. The van der Waals surface area contributed by atoms with E-state index in [0.29, 0.717) is 12.0 Å². The third-order valence-electron chi connectivity index (χ3n) is 3.63. The van der Waals surface area contributed by atoms with Crippen LogP contribution in [0, 0.1) is 5.92 Å². The third-order valence-corrected chi connectivity index (χ3v) is 3.63. The van der Waals surface area contributed by atoms with E-state index in [1.54, 1.807) is 0 Å². The molecule has 2 rings (SSSR count). The van der Waals surface area contributed by atoms with E-state index >= 15 is 0 Å². The normalized spacial score (nSPS) is 18.0. The molecule has 1 N–H and O–H groups in total. The van der Waals surface area contributed by atoms with Crippen LogP contribution in [0.25, 0.3) is 0 Å². The number of fused-ring (bicyclic) bond motifs is 1. The predicted octanol–water partition coefficient (Wildman–Crippen LogP) is 2.12. The van der Waals surface area contributed by atoms with Gasteiger partial charge in [0, 0.05) is 31.2 Å². The molecule has 1 aliphatic rings. The standard InChI is InChI=1S/C15H24N2O/c1-12(2)14(10-16-3)17-8-9-18-15-7-5-4-6-13(15)11-17/h4-7,12,14,16H,8-11H2,1-3H3. The third kappa shape index (κ3) is 3.03. The quantitative estimate of drug-likeness (QED) is 0.883. The van der Waals surface area contributed by atoms with Crippen molar-refractivity contribution in [2.75, 3.05) is 26.7 Å². The Balaban J connectivity index is 2.15.